The number of aromatic nitrogens is 4. The Morgan fingerprint density at radius 3 is 2.88 bits per heavy atom. The highest BCUT2D eigenvalue weighted by molar-refractivity contribution is 7.99. The van der Waals surface area contributed by atoms with E-state index in [0.29, 0.717) is 34.5 Å². The van der Waals surface area contributed by atoms with E-state index in [-0.39, 0.29) is 12.7 Å². The van der Waals surface area contributed by atoms with E-state index >= 15 is 0 Å². The first kappa shape index (κ1) is 16.4. The Labute approximate surface area is 153 Å². The number of tetrazole rings is 1. The van der Waals surface area contributed by atoms with Gasteiger partial charge in [0.05, 0.1) is 5.69 Å². The number of carbonyl (C=O) groups excluding carboxylic acids is 1. The number of thioether (sulfide) groups is 1. The van der Waals surface area contributed by atoms with E-state index < -0.39 is 0 Å². The summed E-state index contributed by atoms with van der Waals surface area (Å²) in [7, 11) is 0. The lowest BCUT2D eigenvalue weighted by molar-refractivity contribution is -0.115. The van der Waals surface area contributed by atoms with E-state index in [1.807, 2.05) is 30.3 Å². The van der Waals surface area contributed by atoms with E-state index in [1.165, 1.54) is 11.8 Å². The van der Waals surface area contributed by atoms with Gasteiger partial charge in [-0.25, -0.2) is 0 Å². The second kappa shape index (κ2) is 7.44. The Morgan fingerprint density at radius 2 is 2.00 bits per heavy atom. The predicted molar refractivity (Wildman–Crippen MR) is 95.7 cm³/mol. The molecule has 3 aromatic rings. The maximum Gasteiger partial charge on any atom is 0.231 e. The van der Waals surface area contributed by atoms with E-state index in [1.54, 1.807) is 22.9 Å². The first-order chi connectivity index (χ1) is 12.8. The van der Waals surface area contributed by atoms with E-state index in [4.69, 9.17) is 9.47 Å². The highest BCUT2D eigenvalue weighted by Crippen LogP contribution is 2.34. The average Bonchev–Trinajstić information content (AvgIpc) is 3.31. The van der Waals surface area contributed by atoms with Crippen molar-refractivity contribution in [2.24, 2.45) is 0 Å². The molecule has 2 heterocycles. The van der Waals surface area contributed by atoms with Crippen molar-refractivity contribution in [1.82, 2.24) is 20.2 Å². The molecule has 4 rings (SSSR count). The van der Waals surface area contributed by atoms with Crippen LogP contribution in [0.2, 0.25) is 0 Å². The second-order valence-corrected chi connectivity index (χ2v) is 6.49. The fraction of sp³-hybridized carbons (Fsp3) is 0.176. The van der Waals surface area contributed by atoms with Crippen LogP contribution in [0, 0.1) is 0 Å². The largest absolute Gasteiger partial charge is 0.454 e. The molecule has 0 bridgehead atoms. The molecule has 0 unspecified atom stereocenters. The minimum Gasteiger partial charge on any atom is -0.454 e. The van der Waals surface area contributed by atoms with Crippen LogP contribution in [0.1, 0.15) is 6.42 Å². The summed E-state index contributed by atoms with van der Waals surface area (Å²) in [4.78, 5) is 12.1. The van der Waals surface area contributed by atoms with Crippen LogP contribution in [-0.2, 0) is 4.79 Å². The number of ether oxygens (including phenoxy) is 2. The summed E-state index contributed by atoms with van der Waals surface area (Å²) >= 11 is 1.43. The summed E-state index contributed by atoms with van der Waals surface area (Å²) in [6.45, 7) is 0.208. The van der Waals surface area contributed by atoms with Crippen LogP contribution in [0.15, 0.2) is 53.7 Å². The Kier molecular flexibility index (Phi) is 4.69. The minimum absolute atomic E-state index is 0.0879. The maximum absolute atomic E-state index is 12.1. The number of rotatable bonds is 6. The monoisotopic (exact) mass is 369 g/mol. The summed E-state index contributed by atoms with van der Waals surface area (Å²) in [6, 6.07) is 14.9. The van der Waals surface area contributed by atoms with Crippen LogP contribution in [0.25, 0.3) is 5.69 Å². The third kappa shape index (κ3) is 3.62. The maximum atomic E-state index is 12.1. The van der Waals surface area contributed by atoms with Crippen molar-refractivity contribution in [2.75, 3.05) is 17.9 Å². The molecule has 26 heavy (non-hydrogen) atoms. The molecule has 1 aliphatic rings. The van der Waals surface area contributed by atoms with Gasteiger partial charge in [0.2, 0.25) is 17.9 Å². The third-order valence-electron chi connectivity index (χ3n) is 3.66. The lowest BCUT2D eigenvalue weighted by atomic mass is 10.2. The molecule has 0 aliphatic carbocycles. The smallest absolute Gasteiger partial charge is 0.231 e. The lowest BCUT2D eigenvalue weighted by Gasteiger charge is -2.06. The zero-order valence-corrected chi connectivity index (χ0v) is 14.5. The second-order valence-electron chi connectivity index (χ2n) is 5.42. The van der Waals surface area contributed by atoms with Crippen LogP contribution in [0.5, 0.6) is 11.5 Å². The Morgan fingerprint density at radius 1 is 1.15 bits per heavy atom. The molecule has 0 spiro atoms. The molecule has 0 radical (unpaired) electrons. The van der Waals surface area contributed by atoms with Crippen molar-refractivity contribution < 1.29 is 14.3 Å². The van der Waals surface area contributed by atoms with Crippen molar-refractivity contribution in [3.8, 4) is 17.2 Å². The first-order valence-electron chi connectivity index (χ1n) is 7.96. The molecule has 1 aromatic heterocycles. The van der Waals surface area contributed by atoms with Crippen LogP contribution in [-0.4, -0.2) is 38.7 Å². The minimum atomic E-state index is -0.0879. The van der Waals surface area contributed by atoms with Crippen LogP contribution in [0.4, 0.5) is 5.69 Å². The molecule has 1 amide bonds. The van der Waals surface area contributed by atoms with Crippen molar-refractivity contribution in [1.29, 1.82) is 0 Å². The predicted octanol–water partition coefficient (Wildman–Crippen LogP) is 2.51. The molecule has 132 valence electrons. The Balaban J connectivity index is 1.31. The molecule has 1 aliphatic heterocycles. The van der Waals surface area contributed by atoms with Gasteiger partial charge in [-0.2, -0.15) is 4.68 Å². The number of para-hydroxylation sites is 1. The number of anilines is 1. The average molecular weight is 369 g/mol. The normalized spacial score (nSPS) is 12.2. The fourth-order valence-corrected chi connectivity index (χ4v) is 3.26. The van der Waals surface area contributed by atoms with Gasteiger partial charge in [-0.1, -0.05) is 30.0 Å². The molecule has 0 fully saturated rings. The quantitative estimate of drug-likeness (QED) is 0.668. The summed E-state index contributed by atoms with van der Waals surface area (Å²) in [5.41, 5.74) is 1.56. The van der Waals surface area contributed by atoms with Crippen molar-refractivity contribution in [3.05, 3.63) is 48.5 Å². The molecule has 8 nitrogen and oxygen atoms in total. The third-order valence-corrected chi connectivity index (χ3v) is 4.58. The van der Waals surface area contributed by atoms with Gasteiger partial charge in [0.25, 0.3) is 0 Å². The summed E-state index contributed by atoms with van der Waals surface area (Å²) in [6.07, 6.45) is 0.334. The Bertz CT molecular complexity index is 916. The molecule has 9 heteroatoms. The van der Waals surface area contributed by atoms with E-state index in [9.17, 15) is 4.79 Å². The van der Waals surface area contributed by atoms with Crippen LogP contribution < -0.4 is 14.8 Å². The van der Waals surface area contributed by atoms with E-state index in [0.717, 1.165) is 5.69 Å². The molecule has 2 aromatic carbocycles. The SMILES string of the molecule is O=C(CCSc1nnnn1-c1ccccc1)Nc1ccc2c(c1)OCO2. The lowest BCUT2D eigenvalue weighted by Crippen LogP contribution is -2.12. The summed E-state index contributed by atoms with van der Waals surface area (Å²) in [5, 5.41) is 15.2. The number of carbonyl (C=O) groups is 1. The number of nitrogens with one attached hydrogen (secondary N) is 1. The van der Waals surface area contributed by atoms with Crippen molar-refractivity contribution >= 4 is 23.4 Å². The first-order valence-corrected chi connectivity index (χ1v) is 8.94. The molecule has 0 saturated heterocycles. The van der Waals surface area contributed by atoms with Gasteiger partial charge >= 0.3 is 0 Å². The number of hydrogen-bond donors (Lipinski definition) is 1. The molecule has 0 saturated carbocycles. The number of benzene rings is 2. The van der Waals surface area contributed by atoms with Gasteiger partial charge in [0.15, 0.2) is 11.5 Å². The molecule has 1 N–H and O–H groups in total. The number of nitrogens with zero attached hydrogens (tertiary/aromatic N) is 4. The molecular formula is C17H15N5O3S. The number of amides is 1. The highest BCUT2D eigenvalue weighted by Gasteiger charge is 2.14. The van der Waals surface area contributed by atoms with E-state index in [2.05, 4.69) is 20.8 Å². The van der Waals surface area contributed by atoms with Crippen LogP contribution in [0.3, 0.4) is 0 Å². The van der Waals surface area contributed by atoms with Gasteiger partial charge in [0.1, 0.15) is 0 Å². The number of fused-ring (bicyclic) bond motifs is 1. The van der Waals surface area contributed by atoms with Crippen molar-refractivity contribution in [3.63, 3.8) is 0 Å². The molecular weight excluding hydrogens is 354 g/mol. The zero-order valence-electron chi connectivity index (χ0n) is 13.7. The van der Waals surface area contributed by atoms with Gasteiger partial charge in [-0.05, 0) is 34.7 Å². The van der Waals surface area contributed by atoms with Crippen LogP contribution >= 0.6 is 11.8 Å². The zero-order chi connectivity index (χ0) is 17.8. The number of hydrogen-bond acceptors (Lipinski definition) is 7. The van der Waals surface area contributed by atoms with Gasteiger partial charge < -0.3 is 14.8 Å². The van der Waals surface area contributed by atoms with Gasteiger partial charge in [0, 0.05) is 23.9 Å². The molecule has 0 atom stereocenters. The Hall–Kier alpha value is -3.07. The van der Waals surface area contributed by atoms with Crippen molar-refractivity contribution in [2.45, 2.75) is 11.6 Å². The van der Waals surface area contributed by atoms with Gasteiger partial charge in [-0.3, -0.25) is 4.79 Å². The van der Waals surface area contributed by atoms with Gasteiger partial charge in [-0.15, -0.1) is 5.10 Å². The fourth-order valence-electron chi connectivity index (χ4n) is 2.43. The highest BCUT2D eigenvalue weighted by atomic mass is 32.2. The topological polar surface area (TPSA) is 91.2 Å². The summed E-state index contributed by atoms with van der Waals surface area (Å²) in [5.74, 6) is 1.80. The standard InChI is InChI=1S/C17H15N5O3S/c23-16(18-12-6-7-14-15(10-12)25-11-24-14)8-9-26-17-19-20-21-22(17)13-4-2-1-3-5-13/h1-7,10H,8-9,11H2,(H,18,23). The summed E-state index contributed by atoms with van der Waals surface area (Å²) < 4.78 is 12.2.